The standard InChI is InChI=1S/C14H30N4O.HI/c1-4-15-14(16-9-11-19-6-3)17-12-13-8-7-10-18(13)5-2;/h13H,4-12H2,1-3H3,(H2,15,16,17);1H. The average Bonchev–Trinajstić information content (AvgIpc) is 2.88. The highest BCUT2D eigenvalue weighted by molar-refractivity contribution is 14.0. The second-order valence-corrected chi connectivity index (χ2v) is 4.77. The molecule has 2 N–H and O–H groups in total. The van der Waals surface area contributed by atoms with Gasteiger partial charge in [-0.25, -0.2) is 0 Å². The lowest BCUT2D eigenvalue weighted by Gasteiger charge is -2.21. The van der Waals surface area contributed by atoms with Gasteiger partial charge in [-0.3, -0.25) is 9.89 Å². The van der Waals surface area contributed by atoms with Gasteiger partial charge in [0.05, 0.1) is 13.2 Å². The zero-order valence-electron chi connectivity index (χ0n) is 13.2. The van der Waals surface area contributed by atoms with Crippen molar-refractivity contribution in [2.45, 2.75) is 39.7 Å². The van der Waals surface area contributed by atoms with Crippen molar-refractivity contribution < 1.29 is 4.74 Å². The van der Waals surface area contributed by atoms with Gasteiger partial charge in [0.1, 0.15) is 0 Å². The first kappa shape index (κ1) is 19.9. The van der Waals surface area contributed by atoms with E-state index in [0.717, 1.165) is 45.4 Å². The Labute approximate surface area is 140 Å². The molecule has 1 heterocycles. The topological polar surface area (TPSA) is 48.9 Å². The Morgan fingerprint density at radius 1 is 1.30 bits per heavy atom. The van der Waals surface area contributed by atoms with Crippen molar-refractivity contribution in [3.8, 4) is 0 Å². The quantitative estimate of drug-likeness (QED) is 0.283. The van der Waals surface area contributed by atoms with Crippen molar-refractivity contribution in [1.29, 1.82) is 0 Å². The number of rotatable bonds is 8. The Kier molecular flexibility index (Phi) is 12.6. The average molecular weight is 398 g/mol. The van der Waals surface area contributed by atoms with Gasteiger partial charge in [-0.05, 0) is 39.8 Å². The molecule has 0 saturated carbocycles. The molecule has 1 atom stereocenters. The summed E-state index contributed by atoms with van der Waals surface area (Å²) in [5.41, 5.74) is 0. The van der Waals surface area contributed by atoms with Gasteiger partial charge >= 0.3 is 0 Å². The van der Waals surface area contributed by atoms with E-state index in [1.165, 1.54) is 19.4 Å². The molecule has 0 aliphatic carbocycles. The van der Waals surface area contributed by atoms with E-state index in [1.54, 1.807) is 0 Å². The van der Waals surface area contributed by atoms with Gasteiger partial charge in [0.15, 0.2) is 5.96 Å². The molecule has 0 aromatic rings. The lowest BCUT2D eigenvalue weighted by molar-refractivity contribution is 0.152. The minimum absolute atomic E-state index is 0. The minimum Gasteiger partial charge on any atom is -0.380 e. The number of hydrogen-bond acceptors (Lipinski definition) is 3. The van der Waals surface area contributed by atoms with Crippen LogP contribution in [0.3, 0.4) is 0 Å². The summed E-state index contributed by atoms with van der Waals surface area (Å²) in [4.78, 5) is 7.21. The molecule has 0 aromatic carbocycles. The molecule has 1 aliphatic rings. The van der Waals surface area contributed by atoms with Crippen LogP contribution in [0.1, 0.15) is 33.6 Å². The first-order valence-electron chi connectivity index (χ1n) is 7.65. The number of ether oxygens (including phenoxy) is 1. The minimum atomic E-state index is 0. The van der Waals surface area contributed by atoms with Crippen molar-refractivity contribution in [3.05, 3.63) is 0 Å². The molecule has 120 valence electrons. The van der Waals surface area contributed by atoms with E-state index < -0.39 is 0 Å². The SMILES string of the molecule is CCNC(=NCC1CCCN1CC)NCCOCC.I. The van der Waals surface area contributed by atoms with E-state index in [4.69, 9.17) is 4.74 Å². The Balaban J connectivity index is 0.00000361. The molecule has 1 unspecified atom stereocenters. The van der Waals surface area contributed by atoms with E-state index in [0.29, 0.717) is 6.04 Å². The lowest BCUT2D eigenvalue weighted by Crippen LogP contribution is -2.40. The first-order chi connectivity index (χ1) is 9.31. The maximum atomic E-state index is 5.32. The molecule has 5 nitrogen and oxygen atoms in total. The number of halogens is 1. The van der Waals surface area contributed by atoms with E-state index in [-0.39, 0.29) is 24.0 Å². The van der Waals surface area contributed by atoms with Crippen LogP contribution in [0.5, 0.6) is 0 Å². The molecular weight excluding hydrogens is 367 g/mol. The van der Waals surface area contributed by atoms with Crippen molar-refractivity contribution in [3.63, 3.8) is 0 Å². The Bertz CT molecular complexity index is 264. The van der Waals surface area contributed by atoms with Crippen LogP contribution in [-0.4, -0.2) is 62.8 Å². The molecule has 0 bridgehead atoms. The van der Waals surface area contributed by atoms with E-state index in [9.17, 15) is 0 Å². The highest BCUT2D eigenvalue weighted by Gasteiger charge is 2.22. The number of aliphatic imine (C=N–C) groups is 1. The monoisotopic (exact) mass is 398 g/mol. The molecule has 0 spiro atoms. The third-order valence-electron chi connectivity index (χ3n) is 3.45. The van der Waals surface area contributed by atoms with E-state index >= 15 is 0 Å². The molecule has 1 rings (SSSR count). The fraction of sp³-hybridized carbons (Fsp3) is 0.929. The summed E-state index contributed by atoms with van der Waals surface area (Å²) in [6, 6.07) is 0.618. The smallest absolute Gasteiger partial charge is 0.191 e. The fourth-order valence-corrected chi connectivity index (χ4v) is 2.44. The maximum Gasteiger partial charge on any atom is 0.191 e. The number of hydrogen-bond donors (Lipinski definition) is 2. The Hall–Kier alpha value is -0.0800. The zero-order chi connectivity index (χ0) is 13.9. The molecule has 0 aromatic heterocycles. The summed E-state index contributed by atoms with van der Waals surface area (Å²) in [5, 5.41) is 6.59. The molecule has 0 radical (unpaired) electrons. The highest BCUT2D eigenvalue weighted by Crippen LogP contribution is 2.16. The van der Waals surface area contributed by atoms with Gasteiger partial charge in [0.25, 0.3) is 0 Å². The fourth-order valence-electron chi connectivity index (χ4n) is 2.44. The number of likely N-dealkylation sites (tertiary alicyclic amines) is 1. The third kappa shape index (κ3) is 7.64. The van der Waals surface area contributed by atoms with Crippen molar-refractivity contribution in [2.24, 2.45) is 4.99 Å². The predicted molar refractivity (Wildman–Crippen MR) is 96.2 cm³/mol. The van der Waals surface area contributed by atoms with Crippen LogP contribution in [0.2, 0.25) is 0 Å². The maximum absolute atomic E-state index is 5.32. The molecule has 1 aliphatic heterocycles. The second kappa shape index (κ2) is 12.6. The highest BCUT2D eigenvalue weighted by atomic mass is 127. The van der Waals surface area contributed by atoms with Gasteiger partial charge in [0, 0.05) is 25.7 Å². The summed E-state index contributed by atoms with van der Waals surface area (Å²) in [7, 11) is 0. The molecule has 0 amide bonds. The second-order valence-electron chi connectivity index (χ2n) is 4.77. The number of guanidine groups is 1. The van der Waals surface area contributed by atoms with Crippen LogP contribution in [0.25, 0.3) is 0 Å². The van der Waals surface area contributed by atoms with Gasteiger partial charge in [-0.1, -0.05) is 6.92 Å². The lowest BCUT2D eigenvalue weighted by atomic mass is 10.2. The van der Waals surface area contributed by atoms with Crippen LogP contribution in [0, 0.1) is 0 Å². The third-order valence-corrected chi connectivity index (χ3v) is 3.45. The van der Waals surface area contributed by atoms with Gasteiger partial charge in [-0.15, -0.1) is 24.0 Å². The van der Waals surface area contributed by atoms with Crippen molar-refractivity contribution in [2.75, 3.05) is 45.9 Å². The van der Waals surface area contributed by atoms with E-state index in [1.807, 2.05) is 6.92 Å². The van der Waals surface area contributed by atoms with Gasteiger partial charge < -0.3 is 15.4 Å². The summed E-state index contributed by atoms with van der Waals surface area (Å²) in [6.45, 7) is 12.8. The first-order valence-corrected chi connectivity index (χ1v) is 7.65. The molecule has 1 fully saturated rings. The summed E-state index contributed by atoms with van der Waals surface area (Å²) >= 11 is 0. The van der Waals surface area contributed by atoms with Crippen LogP contribution in [0.4, 0.5) is 0 Å². The Morgan fingerprint density at radius 2 is 2.10 bits per heavy atom. The molecule has 1 saturated heterocycles. The summed E-state index contributed by atoms with van der Waals surface area (Å²) in [5.74, 6) is 0.908. The normalized spacial score (nSPS) is 19.8. The summed E-state index contributed by atoms with van der Waals surface area (Å²) < 4.78 is 5.32. The van der Waals surface area contributed by atoms with E-state index in [2.05, 4.69) is 34.4 Å². The number of nitrogens with one attached hydrogen (secondary N) is 2. The van der Waals surface area contributed by atoms with Crippen molar-refractivity contribution >= 4 is 29.9 Å². The van der Waals surface area contributed by atoms with Gasteiger partial charge in [0.2, 0.25) is 0 Å². The largest absolute Gasteiger partial charge is 0.380 e. The number of likely N-dealkylation sites (N-methyl/N-ethyl adjacent to an activating group) is 1. The molecule has 20 heavy (non-hydrogen) atoms. The van der Waals surface area contributed by atoms with Crippen LogP contribution >= 0.6 is 24.0 Å². The van der Waals surface area contributed by atoms with Crippen LogP contribution in [-0.2, 0) is 4.74 Å². The van der Waals surface area contributed by atoms with Crippen molar-refractivity contribution in [1.82, 2.24) is 15.5 Å². The molecule has 6 heteroatoms. The number of nitrogens with zero attached hydrogens (tertiary/aromatic N) is 2. The van der Waals surface area contributed by atoms with Crippen LogP contribution < -0.4 is 10.6 Å². The Morgan fingerprint density at radius 3 is 2.75 bits per heavy atom. The summed E-state index contributed by atoms with van der Waals surface area (Å²) in [6.07, 6.45) is 2.58. The zero-order valence-corrected chi connectivity index (χ0v) is 15.5. The molecular formula is C14H31IN4O. The van der Waals surface area contributed by atoms with Gasteiger partial charge in [-0.2, -0.15) is 0 Å². The predicted octanol–water partition coefficient (Wildman–Crippen LogP) is 1.68. The van der Waals surface area contributed by atoms with Crippen LogP contribution in [0.15, 0.2) is 4.99 Å².